The monoisotopic (exact) mass is 314 g/mol. The van der Waals surface area contributed by atoms with Crippen molar-refractivity contribution in [1.29, 1.82) is 0 Å². The van der Waals surface area contributed by atoms with Crippen molar-refractivity contribution in [3.8, 4) is 0 Å². The van der Waals surface area contributed by atoms with Gasteiger partial charge in [0.25, 0.3) is 11.8 Å². The number of carbonyl (C=O) groups is 2. The topological polar surface area (TPSA) is 58.2 Å². The fraction of sp³-hybridized carbons (Fsp3) is 0.222. The van der Waals surface area contributed by atoms with E-state index in [2.05, 4.69) is 10.6 Å². The van der Waals surface area contributed by atoms with E-state index < -0.39 is 5.91 Å². The first-order valence-electron chi connectivity index (χ1n) is 7.36. The van der Waals surface area contributed by atoms with Crippen molar-refractivity contribution in [3.05, 3.63) is 65.0 Å². The molecule has 2 N–H and O–H groups in total. The Morgan fingerprint density at radius 3 is 2.39 bits per heavy atom. The molecule has 0 bridgehead atoms. The van der Waals surface area contributed by atoms with Gasteiger partial charge in [0.05, 0.1) is 11.3 Å². The molecule has 0 heterocycles. The molecule has 0 atom stereocenters. The van der Waals surface area contributed by atoms with Crippen LogP contribution in [0.3, 0.4) is 0 Å². The molecule has 0 radical (unpaired) electrons. The van der Waals surface area contributed by atoms with Gasteiger partial charge >= 0.3 is 0 Å². The SMILES string of the molecule is Cc1cc(C(=O)Nc2ccccc2C(=O)NC(C)C)ccc1F. The fourth-order valence-electron chi connectivity index (χ4n) is 2.11. The molecule has 2 aromatic rings. The molecule has 5 heteroatoms. The summed E-state index contributed by atoms with van der Waals surface area (Å²) in [4.78, 5) is 24.5. The van der Waals surface area contributed by atoms with Gasteiger partial charge in [-0.15, -0.1) is 0 Å². The van der Waals surface area contributed by atoms with E-state index in [1.54, 1.807) is 31.2 Å². The largest absolute Gasteiger partial charge is 0.350 e. The van der Waals surface area contributed by atoms with E-state index in [1.807, 2.05) is 13.8 Å². The zero-order valence-corrected chi connectivity index (χ0v) is 13.3. The van der Waals surface area contributed by atoms with Gasteiger partial charge in [-0.25, -0.2) is 4.39 Å². The normalized spacial score (nSPS) is 10.5. The Balaban J connectivity index is 2.24. The molecule has 0 aliphatic heterocycles. The smallest absolute Gasteiger partial charge is 0.255 e. The summed E-state index contributed by atoms with van der Waals surface area (Å²) in [6, 6.07) is 10.9. The third-order valence-corrected chi connectivity index (χ3v) is 3.26. The summed E-state index contributed by atoms with van der Waals surface area (Å²) < 4.78 is 13.3. The number of carbonyl (C=O) groups excluding carboxylic acids is 2. The number of benzene rings is 2. The van der Waals surface area contributed by atoms with E-state index >= 15 is 0 Å². The van der Waals surface area contributed by atoms with Crippen molar-refractivity contribution in [2.24, 2.45) is 0 Å². The Bertz CT molecular complexity index is 742. The van der Waals surface area contributed by atoms with Crippen molar-refractivity contribution in [2.45, 2.75) is 26.8 Å². The summed E-state index contributed by atoms with van der Waals surface area (Å²) in [5.74, 6) is -1.01. The summed E-state index contributed by atoms with van der Waals surface area (Å²) in [7, 11) is 0. The predicted octanol–water partition coefficient (Wildman–Crippen LogP) is 3.52. The molecular weight excluding hydrogens is 295 g/mol. The first kappa shape index (κ1) is 16.7. The second kappa shape index (κ2) is 7.05. The molecule has 0 aliphatic carbocycles. The van der Waals surface area contributed by atoms with Crippen LogP contribution in [0.5, 0.6) is 0 Å². The molecule has 4 nitrogen and oxygen atoms in total. The van der Waals surface area contributed by atoms with Gasteiger partial charge in [-0.2, -0.15) is 0 Å². The summed E-state index contributed by atoms with van der Waals surface area (Å²) in [5.41, 5.74) is 1.53. The quantitative estimate of drug-likeness (QED) is 0.907. The Kier molecular flexibility index (Phi) is 5.11. The Hall–Kier alpha value is -2.69. The second-order valence-electron chi connectivity index (χ2n) is 5.59. The van der Waals surface area contributed by atoms with Crippen LogP contribution in [-0.4, -0.2) is 17.9 Å². The Morgan fingerprint density at radius 1 is 1.04 bits per heavy atom. The average molecular weight is 314 g/mol. The van der Waals surface area contributed by atoms with Crippen LogP contribution in [0.4, 0.5) is 10.1 Å². The van der Waals surface area contributed by atoms with Crippen molar-refractivity contribution < 1.29 is 14.0 Å². The molecular formula is C18H19FN2O2. The van der Waals surface area contributed by atoms with E-state index in [4.69, 9.17) is 0 Å². The van der Waals surface area contributed by atoms with Gasteiger partial charge in [-0.05, 0) is 56.7 Å². The number of para-hydroxylation sites is 1. The first-order valence-corrected chi connectivity index (χ1v) is 7.36. The number of anilines is 1. The number of hydrogen-bond donors (Lipinski definition) is 2. The summed E-state index contributed by atoms with van der Waals surface area (Å²) in [5, 5.41) is 5.49. The van der Waals surface area contributed by atoms with E-state index in [1.165, 1.54) is 18.2 Å². The summed E-state index contributed by atoms with van der Waals surface area (Å²) in [6.07, 6.45) is 0. The first-order chi connectivity index (χ1) is 10.9. The fourth-order valence-corrected chi connectivity index (χ4v) is 2.11. The van der Waals surface area contributed by atoms with Gasteiger partial charge < -0.3 is 10.6 Å². The molecule has 0 saturated heterocycles. The van der Waals surface area contributed by atoms with Gasteiger partial charge in [0, 0.05) is 11.6 Å². The lowest BCUT2D eigenvalue weighted by Crippen LogP contribution is -2.31. The van der Waals surface area contributed by atoms with Crippen LogP contribution in [0.1, 0.15) is 40.1 Å². The van der Waals surface area contributed by atoms with Gasteiger partial charge in [-0.3, -0.25) is 9.59 Å². The van der Waals surface area contributed by atoms with Crippen LogP contribution in [0.15, 0.2) is 42.5 Å². The second-order valence-corrected chi connectivity index (χ2v) is 5.59. The van der Waals surface area contributed by atoms with E-state index in [9.17, 15) is 14.0 Å². The number of hydrogen-bond acceptors (Lipinski definition) is 2. The van der Waals surface area contributed by atoms with Gasteiger partial charge in [0.2, 0.25) is 0 Å². The molecule has 0 unspecified atom stereocenters. The number of halogens is 1. The molecule has 120 valence electrons. The lowest BCUT2D eigenvalue weighted by atomic mass is 10.1. The summed E-state index contributed by atoms with van der Waals surface area (Å²) in [6.45, 7) is 5.32. The van der Waals surface area contributed by atoms with Crippen molar-refractivity contribution in [1.82, 2.24) is 5.32 Å². The van der Waals surface area contributed by atoms with Gasteiger partial charge in [0.1, 0.15) is 5.82 Å². The molecule has 0 aliphatic rings. The Morgan fingerprint density at radius 2 is 1.74 bits per heavy atom. The zero-order valence-electron chi connectivity index (χ0n) is 13.3. The van der Waals surface area contributed by atoms with Crippen LogP contribution < -0.4 is 10.6 Å². The minimum Gasteiger partial charge on any atom is -0.350 e. The summed E-state index contributed by atoms with van der Waals surface area (Å²) >= 11 is 0. The number of rotatable bonds is 4. The standard InChI is InChI=1S/C18H19FN2O2/c1-11(2)20-18(23)14-6-4-5-7-16(14)21-17(22)13-8-9-15(19)12(3)10-13/h4-11H,1-3H3,(H,20,23)(H,21,22). The van der Waals surface area contributed by atoms with Crippen molar-refractivity contribution >= 4 is 17.5 Å². The minimum absolute atomic E-state index is 0.00833. The lowest BCUT2D eigenvalue weighted by molar-refractivity contribution is 0.0944. The molecule has 2 aromatic carbocycles. The van der Waals surface area contributed by atoms with Crippen LogP contribution in [0.2, 0.25) is 0 Å². The zero-order chi connectivity index (χ0) is 17.0. The molecule has 2 amide bonds. The van der Waals surface area contributed by atoms with E-state index in [0.717, 1.165) is 0 Å². The number of amides is 2. The van der Waals surface area contributed by atoms with Crippen molar-refractivity contribution in [2.75, 3.05) is 5.32 Å². The van der Waals surface area contributed by atoms with Crippen LogP contribution >= 0.6 is 0 Å². The van der Waals surface area contributed by atoms with Crippen molar-refractivity contribution in [3.63, 3.8) is 0 Å². The van der Waals surface area contributed by atoms with Crippen LogP contribution in [0, 0.1) is 12.7 Å². The van der Waals surface area contributed by atoms with Crippen LogP contribution in [-0.2, 0) is 0 Å². The van der Waals surface area contributed by atoms with Gasteiger partial charge in [0.15, 0.2) is 0 Å². The molecule has 0 fully saturated rings. The lowest BCUT2D eigenvalue weighted by Gasteiger charge is -2.13. The van der Waals surface area contributed by atoms with Crippen LogP contribution in [0.25, 0.3) is 0 Å². The van der Waals surface area contributed by atoms with E-state index in [-0.39, 0.29) is 17.8 Å². The predicted molar refractivity (Wildman–Crippen MR) is 88.1 cm³/mol. The highest BCUT2D eigenvalue weighted by atomic mass is 19.1. The average Bonchev–Trinajstić information content (AvgIpc) is 2.49. The molecule has 0 saturated carbocycles. The Labute approximate surface area is 134 Å². The van der Waals surface area contributed by atoms with Gasteiger partial charge in [-0.1, -0.05) is 12.1 Å². The highest BCUT2D eigenvalue weighted by Gasteiger charge is 2.15. The molecule has 23 heavy (non-hydrogen) atoms. The highest BCUT2D eigenvalue weighted by molar-refractivity contribution is 6.09. The minimum atomic E-state index is -0.391. The maximum absolute atomic E-state index is 13.3. The maximum atomic E-state index is 13.3. The molecule has 0 spiro atoms. The molecule has 0 aromatic heterocycles. The molecule has 2 rings (SSSR count). The number of aryl methyl sites for hydroxylation is 1. The third kappa shape index (κ3) is 4.16. The highest BCUT2D eigenvalue weighted by Crippen LogP contribution is 2.17. The number of nitrogens with one attached hydrogen (secondary N) is 2. The maximum Gasteiger partial charge on any atom is 0.255 e. The van der Waals surface area contributed by atoms with E-state index in [0.29, 0.717) is 22.4 Å². The third-order valence-electron chi connectivity index (χ3n) is 3.26.